The number of esters is 1. The van der Waals surface area contributed by atoms with Gasteiger partial charge in [0.1, 0.15) is 11.4 Å². The summed E-state index contributed by atoms with van der Waals surface area (Å²) in [5.74, 6) is 1.17. The van der Waals surface area contributed by atoms with Crippen molar-refractivity contribution in [3.63, 3.8) is 0 Å². The molecule has 1 aromatic rings. The second-order valence-electron chi connectivity index (χ2n) is 10.9. The van der Waals surface area contributed by atoms with Gasteiger partial charge in [0.2, 0.25) is 0 Å². The number of carbonyl (C=O) groups is 2. The number of methoxy groups -OCH3 is 1. The summed E-state index contributed by atoms with van der Waals surface area (Å²) in [6, 6.07) is 3.89. The Morgan fingerprint density at radius 3 is 2.80 bits per heavy atom. The van der Waals surface area contributed by atoms with Crippen LogP contribution in [-0.2, 0) is 26.1 Å². The van der Waals surface area contributed by atoms with Gasteiger partial charge in [-0.2, -0.15) is 0 Å². The number of benzene rings is 1. The predicted molar refractivity (Wildman–Crippen MR) is 126 cm³/mol. The van der Waals surface area contributed by atoms with Crippen LogP contribution in [0.2, 0.25) is 0 Å². The molecule has 2 bridgehead atoms. The molecule has 2 aliphatic heterocycles. The van der Waals surface area contributed by atoms with Crippen molar-refractivity contribution in [1.82, 2.24) is 10.2 Å². The monoisotopic (exact) mass is 486 g/mol. The van der Waals surface area contributed by atoms with Gasteiger partial charge in [0, 0.05) is 24.6 Å². The largest absolute Gasteiger partial charge is 0.493 e. The molecular formula is C26H34N2O7. The predicted octanol–water partition coefficient (Wildman–Crippen LogP) is 2.43. The average molecular weight is 487 g/mol. The molecule has 2 N–H and O–H groups in total. The zero-order chi connectivity index (χ0) is 25.2. The Bertz CT molecular complexity index is 1090. The molecule has 0 radical (unpaired) electrons. The van der Waals surface area contributed by atoms with Crippen molar-refractivity contribution >= 4 is 12.1 Å². The van der Waals surface area contributed by atoms with Gasteiger partial charge in [-0.25, -0.2) is 4.79 Å². The van der Waals surface area contributed by atoms with E-state index in [0.29, 0.717) is 30.1 Å². The Kier molecular flexibility index (Phi) is 5.56. The van der Waals surface area contributed by atoms with Crippen LogP contribution in [0.5, 0.6) is 11.5 Å². The molecular weight excluding hydrogens is 452 g/mol. The number of likely N-dealkylation sites (tertiary alicyclic amines) is 1. The van der Waals surface area contributed by atoms with E-state index in [1.54, 1.807) is 34.0 Å². The number of amides is 1. The number of aliphatic hydroxyl groups is 1. The maximum atomic E-state index is 12.7. The second kappa shape index (κ2) is 8.13. The number of nitrogens with zero attached hydrogens (tertiary/aromatic N) is 1. The van der Waals surface area contributed by atoms with Crippen LogP contribution in [-0.4, -0.2) is 72.7 Å². The van der Waals surface area contributed by atoms with Crippen LogP contribution >= 0.6 is 0 Å². The van der Waals surface area contributed by atoms with Crippen LogP contribution in [0, 0.1) is 0 Å². The van der Waals surface area contributed by atoms with E-state index in [-0.39, 0.29) is 19.0 Å². The van der Waals surface area contributed by atoms with E-state index in [0.717, 1.165) is 24.1 Å². The smallest absolute Gasteiger partial charge is 0.407 e. The topological polar surface area (TPSA) is 107 Å². The molecule has 1 amide bonds. The van der Waals surface area contributed by atoms with E-state index >= 15 is 0 Å². The lowest BCUT2D eigenvalue weighted by Gasteiger charge is -2.61. The average Bonchev–Trinajstić information content (AvgIpc) is 3.12. The van der Waals surface area contributed by atoms with Crippen molar-refractivity contribution in [3.8, 4) is 11.5 Å². The summed E-state index contributed by atoms with van der Waals surface area (Å²) in [6.07, 6.45) is 2.30. The number of carbonyl (C=O) groups excluding carboxylic acids is 2. The molecule has 9 heteroatoms. The molecule has 0 unspecified atom stereocenters. The molecule has 4 atom stereocenters. The van der Waals surface area contributed by atoms with E-state index in [2.05, 4.69) is 16.3 Å². The number of alkyl carbamates (subject to hydrolysis) is 1. The molecule has 190 valence electrons. The van der Waals surface area contributed by atoms with Gasteiger partial charge in [-0.1, -0.05) is 6.07 Å². The van der Waals surface area contributed by atoms with Gasteiger partial charge in [-0.3, -0.25) is 4.79 Å². The normalized spacial score (nSPS) is 30.5. The zero-order valence-electron chi connectivity index (χ0n) is 21.0. The van der Waals surface area contributed by atoms with E-state index in [1.165, 1.54) is 0 Å². The van der Waals surface area contributed by atoms with Crippen LogP contribution in [0.25, 0.3) is 0 Å². The maximum absolute atomic E-state index is 12.7. The summed E-state index contributed by atoms with van der Waals surface area (Å²) in [6.45, 7) is 6.21. The van der Waals surface area contributed by atoms with Crippen LogP contribution < -0.4 is 14.8 Å². The number of ether oxygens (including phenoxy) is 4. The van der Waals surface area contributed by atoms with Crippen LogP contribution in [0.4, 0.5) is 4.79 Å². The molecule has 2 heterocycles. The summed E-state index contributed by atoms with van der Waals surface area (Å²) in [5, 5.41) is 14.8. The Labute approximate surface area is 205 Å². The second-order valence-corrected chi connectivity index (χ2v) is 10.9. The Morgan fingerprint density at radius 2 is 2.09 bits per heavy atom. The molecule has 5 rings (SSSR count). The van der Waals surface area contributed by atoms with Gasteiger partial charge in [-0.05, 0) is 64.9 Å². The van der Waals surface area contributed by atoms with Crippen molar-refractivity contribution in [2.75, 3.05) is 27.2 Å². The summed E-state index contributed by atoms with van der Waals surface area (Å²) < 4.78 is 23.1. The van der Waals surface area contributed by atoms with Gasteiger partial charge in [0.25, 0.3) is 0 Å². The molecule has 0 aromatic heterocycles. The maximum Gasteiger partial charge on any atom is 0.407 e. The highest BCUT2D eigenvalue weighted by atomic mass is 16.6. The molecule has 1 aromatic carbocycles. The Hall–Kier alpha value is -2.78. The molecule has 0 saturated carbocycles. The van der Waals surface area contributed by atoms with E-state index in [1.807, 2.05) is 13.1 Å². The third-order valence-corrected chi connectivity index (χ3v) is 7.79. The molecule has 35 heavy (non-hydrogen) atoms. The van der Waals surface area contributed by atoms with Gasteiger partial charge in [-0.15, -0.1) is 0 Å². The van der Waals surface area contributed by atoms with Gasteiger partial charge >= 0.3 is 12.1 Å². The van der Waals surface area contributed by atoms with E-state index < -0.39 is 34.8 Å². The summed E-state index contributed by atoms with van der Waals surface area (Å²) in [5.41, 5.74) is -0.265. The molecule has 4 aliphatic rings. The summed E-state index contributed by atoms with van der Waals surface area (Å²) in [4.78, 5) is 26.8. The minimum atomic E-state index is -1.05. The first kappa shape index (κ1) is 23.9. The number of nitrogens with one attached hydrogen (secondary N) is 1. The number of hydrogen-bond donors (Lipinski definition) is 2. The van der Waals surface area contributed by atoms with Crippen LogP contribution in [0.1, 0.15) is 51.2 Å². The highest BCUT2D eigenvalue weighted by molar-refractivity contribution is 5.73. The quantitative estimate of drug-likeness (QED) is 0.612. The number of likely N-dealkylation sites (N-methyl/N-ethyl adjacent to an activating group) is 1. The fraction of sp³-hybridized carbons (Fsp3) is 0.615. The fourth-order valence-electron chi connectivity index (χ4n) is 6.35. The first-order chi connectivity index (χ1) is 16.5. The number of hydrogen-bond acceptors (Lipinski definition) is 8. The van der Waals surface area contributed by atoms with Crippen LogP contribution in [0.3, 0.4) is 0 Å². The third kappa shape index (κ3) is 3.59. The van der Waals surface area contributed by atoms with E-state index in [9.17, 15) is 14.7 Å². The minimum absolute atomic E-state index is 0.0204. The lowest BCUT2D eigenvalue weighted by atomic mass is 9.50. The lowest BCUT2D eigenvalue weighted by molar-refractivity contribution is -0.169. The standard InChI is InChI=1S/C26H34N2O7/c1-24(2,3)35-23(30)27-12-9-19(29)33-17-8-10-26(31)18-14-15-6-7-16(32-5)21-20(15)25(26,22(17)34-21)11-13-28(18)4/h6-8,18,22,31H,9-14H2,1-5H3,(H,27,30)/t18-,22+,25+,26-/m1/s1. The number of piperidine rings is 1. The van der Waals surface area contributed by atoms with Gasteiger partial charge in [0.05, 0.1) is 24.5 Å². The molecule has 1 spiro atoms. The van der Waals surface area contributed by atoms with Crippen molar-refractivity contribution < 1.29 is 33.6 Å². The van der Waals surface area contributed by atoms with Crippen molar-refractivity contribution in [2.45, 2.75) is 75.2 Å². The SMILES string of the molecule is COc1ccc2c3c1O[C@H]1C(OC(=O)CCNC(=O)OC(C)(C)C)=CC[C@@]4(O)[C@@H](C2)N(C)CC[C@]314. The third-order valence-electron chi connectivity index (χ3n) is 7.79. The molecule has 1 fully saturated rings. The molecule has 1 saturated heterocycles. The summed E-state index contributed by atoms with van der Waals surface area (Å²) in [7, 11) is 3.65. The zero-order valence-corrected chi connectivity index (χ0v) is 21.0. The van der Waals surface area contributed by atoms with Crippen molar-refractivity contribution in [2.24, 2.45) is 0 Å². The highest BCUT2D eigenvalue weighted by Crippen LogP contribution is 2.65. The van der Waals surface area contributed by atoms with Crippen LogP contribution in [0.15, 0.2) is 24.0 Å². The van der Waals surface area contributed by atoms with Gasteiger partial charge in [0.15, 0.2) is 17.6 Å². The Morgan fingerprint density at radius 1 is 1.31 bits per heavy atom. The van der Waals surface area contributed by atoms with Crippen molar-refractivity contribution in [3.05, 3.63) is 35.1 Å². The fourth-order valence-corrected chi connectivity index (χ4v) is 6.35. The molecule has 9 nitrogen and oxygen atoms in total. The summed E-state index contributed by atoms with van der Waals surface area (Å²) >= 11 is 0. The number of rotatable bonds is 5. The first-order valence-electron chi connectivity index (χ1n) is 12.2. The first-order valence-corrected chi connectivity index (χ1v) is 12.2. The molecule has 2 aliphatic carbocycles. The Balaban J connectivity index is 1.39. The van der Waals surface area contributed by atoms with Crippen molar-refractivity contribution in [1.29, 1.82) is 0 Å². The lowest BCUT2D eigenvalue weighted by Crippen LogP contribution is -2.74. The van der Waals surface area contributed by atoms with E-state index in [4.69, 9.17) is 18.9 Å². The minimum Gasteiger partial charge on any atom is -0.493 e. The van der Waals surface area contributed by atoms with Gasteiger partial charge < -0.3 is 34.3 Å². The highest BCUT2D eigenvalue weighted by Gasteiger charge is 2.72.